The molecule has 0 bridgehead atoms. The molecule has 4 aromatic carbocycles. The molecule has 4 aromatic rings. The van der Waals surface area contributed by atoms with Gasteiger partial charge in [0.15, 0.2) is 0 Å². The molecule has 12 nitrogen and oxygen atoms in total. The summed E-state index contributed by atoms with van der Waals surface area (Å²) in [5, 5.41) is 12.2. The van der Waals surface area contributed by atoms with Crippen LogP contribution in [-0.2, 0) is 30.4 Å². The van der Waals surface area contributed by atoms with Crippen LogP contribution in [0.25, 0.3) is 0 Å². The maximum absolute atomic E-state index is 13.9. The number of hydrogen-bond donors (Lipinski definition) is 2. The third-order valence-corrected chi connectivity index (χ3v) is 16.8. The van der Waals surface area contributed by atoms with Crippen molar-refractivity contribution in [3.8, 4) is 0 Å². The number of unbranched alkanes of at least 4 members (excludes halogenated alkanes) is 6. The topological polar surface area (TPSA) is 130 Å². The number of anilines is 4. The number of hydrazone groups is 2. The monoisotopic (exact) mass is 1020 g/mol. The van der Waals surface area contributed by atoms with Gasteiger partial charge in [0.25, 0.3) is 11.8 Å². The number of benzene rings is 4. The average Bonchev–Trinajstić information content (AvgIpc) is 3.99. The molecular formula is C59H72N8O4S2. The first-order valence-electron chi connectivity index (χ1n) is 26.1. The molecule has 14 heteroatoms. The van der Waals surface area contributed by atoms with E-state index in [2.05, 4.69) is 127 Å². The van der Waals surface area contributed by atoms with Crippen LogP contribution in [0.4, 0.5) is 22.7 Å². The lowest BCUT2D eigenvalue weighted by atomic mass is 9.83. The minimum Gasteiger partial charge on any atom is -0.344 e. The van der Waals surface area contributed by atoms with E-state index in [4.69, 9.17) is 5.10 Å². The van der Waals surface area contributed by atoms with Crippen molar-refractivity contribution in [2.24, 2.45) is 10.2 Å². The summed E-state index contributed by atoms with van der Waals surface area (Å²) in [5.74, 6) is -0.385. The van der Waals surface area contributed by atoms with Crippen molar-refractivity contribution in [2.75, 3.05) is 46.0 Å². The Kier molecular flexibility index (Phi) is 16.8. The van der Waals surface area contributed by atoms with Gasteiger partial charge in [0, 0.05) is 64.7 Å². The zero-order valence-corrected chi connectivity index (χ0v) is 45.5. The summed E-state index contributed by atoms with van der Waals surface area (Å²) in [6, 6.07) is 31.5. The van der Waals surface area contributed by atoms with E-state index < -0.39 is 10.0 Å². The number of para-hydroxylation sites is 2. The quantitative estimate of drug-likeness (QED) is 0.0452. The smallest absolute Gasteiger partial charge is 0.280 e. The third-order valence-electron chi connectivity index (χ3n) is 14.4. The first kappa shape index (κ1) is 53.2. The second-order valence-electron chi connectivity index (χ2n) is 20.3. The highest BCUT2D eigenvalue weighted by molar-refractivity contribution is 7.97. The van der Waals surface area contributed by atoms with Crippen molar-refractivity contribution in [3.63, 3.8) is 0 Å². The zero-order valence-electron chi connectivity index (χ0n) is 43.9. The van der Waals surface area contributed by atoms with Gasteiger partial charge in [-0.2, -0.15) is 20.2 Å². The van der Waals surface area contributed by atoms with E-state index in [0.717, 1.165) is 99.4 Å². The number of allylic oxidation sites excluding steroid dienone is 6. The number of sulfonamides is 1. The van der Waals surface area contributed by atoms with Crippen molar-refractivity contribution < 1.29 is 18.0 Å². The van der Waals surface area contributed by atoms with Gasteiger partial charge in [0.2, 0.25) is 10.0 Å². The van der Waals surface area contributed by atoms with E-state index >= 15 is 0 Å². The minimum atomic E-state index is -3.66. The Bertz CT molecular complexity index is 2990. The molecule has 0 saturated heterocycles. The molecule has 4 heterocycles. The molecule has 0 aliphatic carbocycles. The molecule has 2 N–H and O–H groups in total. The molecule has 8 rings (SSSR count). The van der Waals surface area contributed by atoms with Gasteiger partial charge < -0.3 is 9.80 Å². The summed E-state index contributed by atoms with van der Waals surface area (Å²) in [7, 11) is -3.66. The highest BCUT2D eigenvalue weighted by atomic mass is 32.2. The van der Waals surface area contributed by atoms with Crippen molar-refractivity contribution in [1.82, 2.24) is 9.44 Å². The van der Waals surface area contributed by atoms with E-state index in [9.17, 15) is 18.0 Å². The predicted octanol–water partition coefficient (Wildman–Crippen LogP) is 12.5. The summed E-state index contributed by atoms with van der Waals surface area (Å²) in [6.07, 6.45) is 17.2. The van der Waals surface area contributed by atoms with E-state index in [1.807, 2.05) is 50.3 Å². The summed E-state index contributed by atoms with van der Waals surface area (Å²) < 4.78 is 31.8. The van der Waals surface area contributed by atoms with Crippen LogP contribution in [0.5, 0.6) is 0 Å². The number of rotatable bonds is 22. The molecular weight excluding hydrogens is 949 g/mol. The van der Waals surface area contributed by atoms with Crippen LogP contribution in [0.3, 0.4) is 0 Å². The van der Waals surface area contributed by atoms with E-state index in [1.165, 1.54) is 44.7 Å². The number of nitrogens with zero attached hydrogens (tertiary/aromatic N) is 6. The van der Waals surface area contributed by atoms with E-state index in [0.29, 0.717) is 34.8 Å². The van der Waals surface area contributed by atoms with Crippen LogP contribution in [0.2, 0.25) is 0 Å². The Balaban J connectivity index is 0.915. The van der Waals surface area contributed by atoms with Gasteiger partial charge >= 0.3 is 0 Å². The van der Waals surface area contributed by atoms with Crippen LogP contribution in [0.15, 0.2) is 164 Å². The lowest BCUT2D eigenvalue weighted by molar-refractivity contribution is -0.115. The second kappa shape index (κ2) is 23.0. The van der Waals surface area contributed by atoms with Gasteiger partial charge in [-0.15, -0.1) is 0 Å². The van der Waals surface area contributed by atoms with Gasteiger partial charge in [0.1, 0.15) is 0 Å². The maximum atomic E-state index is 13.9. The Hall–Kier alpha value is -6.06. The highest BCUT2D eigenvalue weighted by Gasteiger charge is 2.41. The molecule has 0 fully saturated rings. The van der Waals surface area contributed by atoms with Crippen molar-refractivity contribution in [1.29, 1.82) is 0 Å². The maximum Gasteiger partial charge on any atom is 0.280 e. The molecule has 0 atom stereocenters. The summed E-state index contributed by atoms with van der Waals surface area (Å²) in [5.41, 5.74) is 10.3. The van der Waals surface area contributed by atoms with Crippen LogP contribution >= 0.6 is 11.9 Å². The first-order valence-corrected chi connectivity index (χ1v) is 28.4. The lowest BCUT2D eigenvalue weighted by Gasteiger charge is -2.28. The fourth-order valence-corrected chi connectivity index (χ4v) is 12.0. The minimum absolute atomic E-state index is 0.127. The fraction of sp³-hybridized carbons (Fsp3) is 0.390. The number of carbonyl (C=O) groups is 2. The fourth-order valence-electron chi connectivity index (χ4n) is 10.2. The normalized spacial score (nSPS) is 19.3. The average molecular weight is 1020 g/mol. The number of amides is 2. The third kappa shape index (κ3) is 11.4. The van der Waals surface area contributed by atoms with E-state index in [1.54, 1.807) is 24.1 Å². The first-order chi connectivity index (χ1) is 35.1. The Morgan fingerprint density at radius 1 is 0.562 bits per heavy atom. The van der Waals surface area contributed by atoms with E-state index in [-0.39, 0.29) is 27.5 Å². The Morgan fingerprint density at radius 3 is 1.51 bits per heavy atom. The number of carbonyl (C=O) groups excluding carboxylic acids is 2. The van der Waals surface area contributed by atoms with Crippen LogP contribution in [-0.4, -0.2) is 57.8 Å². The standard InChI is InChI=1S/C59H72N8O4S2/c1-9-11-19-39-61-73(70,71)47-32-28-45(29-33-47)67-57(69)49(43(4)63-67)35-37-55-59(7,8)51-23-16-18-25-53(51)65(55)41-21-14-13-20-40-64-52-24-17-15-22-50(52)58(5,6)54(64)36-34-48-42(3)62-66(56(48)68)44-26-30-46(31-27-44)72-60-38-12-10-2/h15-18,22-37,60-61H,9-14,19-21,38-41H2,1-8H3/b48-34-,49-35+,54-36+,55-37+. The molecule has 384 valence electrons. The Morgan fingerprint density at radius 2 is 1.03 bits per heavy atom. The molecule has 0 spiro atoms. The number of fused-ring (bicyclic) bond motifs is 2. The molecule has 4 aliphatic heterocycles. The second-order valence-corrected chi connectivity index (χ2v) is 23.0. The molecule has 0 saturated carbocycles. The lowest BCUT2D eigenvalue weighted by Crippen LogP contribution is -2.28. The molecule has 4 aliphatic rings. The van der Waals surface area contributed by atoms with Crippen molar-refractivity contribution in [2.45, 2.75) is 134 Å². The van der Waals surface area contributed by atoms with Gasteiger partial charge in [-0.1, -0.05) is 110 Å². The van der Waals surface area contributed by atoms with Gasteiger partial charge in [-0.3, -0.25) is 14.3 Å². The number of nitrogens with one attached hydrogen (secondary N) is 2. The largest absolute Gasteiger partial charge is 0.344 e. The van der Waals surface area contributed by atoms with Gasteiger partial charge in [0.05, 0.1) is 38.8 Å². The van der Waals surface area contributed by atoms with Crippen LogP contribution in [0, 0.1) is 0 Å². The molecule has 0 radical (unpaired) electrons. The predicted molar refractivity (Wildman–Crippen MR) is 302 cm³/mol. The van der Waals surface area contributed by atoms with Crippen LogP contribution < -0.4 is 29.3 Å². The molecule has 73 heavy (non-hydrogen) atoms. The van der Waals surface area contributed by atoms with Crippen molar-refractivity contribution >= 4 is 68.0 Å². The summed E-state index contributed by atoms with van der Waals surface area (Å²) in [6.45, 7) is 20.0. The highest BCUT2D eigenvalue weighted by Crippen LogP contribution is 2.49. The summed E-state index contributed by atoms with van der Waals surface area (Å²) in [4.78, 5) is 33.9. The van der Waals surface area contributed by atoms with Gasteiger partial charge in [-0.25, -0.2) is 13.1 Å². The molecule has 0 aromatic heterocycles. The molecule has 2 amide bonds. The van der Waals surface area contributed by atoms with Gasteiger partial charge in [-0.05, 0) is 148 Å². The Labute approximate surface area is 438 Å². The number of hydrogen-bond acceptors (Lipinski definition) is 10. The summed E-state index contributed by atoms with van der Waals surface area (Å²) >= 11 is 1.61. The SMILES string of the molecule is CCCCCNS(=O)(=O)c1ccc(N2N=C(C)/C(=C\C=C3\N(CCCCCCN4/C(=C/C=C5\C(=O)N(c6ccc(SNCCCC)cc6)N=C5C)C(C)(C)c5ccccc54)c4ccccc4C3(C)C)C2=O)cc1. The molecule has 0 unspecified atom stereocenters. The van der Waals surface area contributed by atoms with Crippen LogP contribution in [0.1, 0.15) is 124 Å². The zero-order chi connectivity index (χ0) is 51.9. The van der Waals surface area contributed by atoms with Crippen molar-refractivity contribution in [3.05, 3.63) is 155 Å².